The number of aromatic nitrogens is 2. The molecule has 1 aromatic heterocycles. The summed E-state index contributed by atoms with van der Waals surface area (Å²) in [6, 6.07) is 5.05. The number of nitrogens with zero attached hydrogens (tertiary/aromatic N) is 3. The molecule has 2 unspecified atom stereocenters. The number of imide groups is 1. The number of rotatable bonds is 8. The Morgan fingerprint density at radius 1 is 1.35 bits per heavy atom. The predicted molar refractivity (Wildman–Crippen MR) is 117 cm³/mol. The van der Waals surface area contributed by atoms with Crippen molar-refractivity contribution in [2.45, 2.75) is 38.5 Å². The number of aryl methyl sites for hydroxylation is 2. The van der Waals surface area contributed by atoms with Crippen molar-refractivity contribution in [2.24, 2.45) is 5.92 Å². The summed E-state index contributed by atoms with van der Waals surface area (Å²) in [5.74, 6) is -0.633. The minimum atomic E-state index is -0.524. The van der Waals surface area contributed by atoms with Gasteiger partial charge in [0.15, 0.2) is 0 Å². The first-order valence-electron chi connectivity index (χ1n) is 9.83. The highest BCUT2D eigenvalue weighted by atomic mass is 32.2. The summed E-state index contributed by atoms with van der Waals surface area (Å²) in [5, 5.41) is 13.8. The quantitative estimate of drug-likeness (QED) is 0.476. The van der Waals surface area contributed by atoms with E-state index in [0.717, 1.165) is 33.5 Å². The second-order valence-corrected chi connectivity index (χ2v) is 8.33. The number of benzene rings is 1. The Labute approximate surface area is 184 Å². The zero-order valence-corrected chi connectivity index (χ0v) is 18.5. The van der Waals surface area contributed by atoms with Crippen LogP contribution >= 0.6 is 11.8 Å². The van der Waals surface area contributed by atoms with Gasteiger partial charge in [0.25, 0.3) is 5.22 Å². The summed E-state index contributed by atoms with van der Waals surface area (Å²) in [4.78, 5) is 38.0. The van der Waals surface area contributed by atoms with Gasteiger partial charge in [0.2, 0.25) is 17.7 Å². The number of nitrogens with one attached hydrogen (secondary N) is 2. The van der Waals surface area contributed by atoms with Crippen molar-refractivity contribution in [1.82, 2.24) is 20.4 Å². The lowest BCUT2D eigenvalue weighted by Crippen LogP contribution is -2.59. The second kappa shape index (κ2) is 9.78. The molecule has 1 aromatic carbocycles. The Morgan fingerprint density at radius 3 is 2.87 bits per heavy atom. The number of thioether (sulfide) groups is 1. The average molecular weight is 444 g/mol. The zero-order valence-electron chi connectivity index (χ0n) is 17.7. The van der Waals surface area contributed by atoms with Crippen molar-refractivity contribution in [3.05, 3.63) is 47.9 Å². The Balaban J connectivity index is 1.57. The first-order chi connectivity index (χ1) is 14.8. The molecule has 10 heteroatoms. The lowest BCUT2D eigenvalue weighted by molar-refractivity contribution is -0.134. The van der Waals surface area contributed by atoms with Gasteiger partial charge in [0, 0.05) is 24.7 Å². The SMILES string of the molecule is C=CCN1C(=O)NC(C)C(Cc2nnc(SCC(=O)Nc3cc(C)ccc3C)o2)C1=O. The van der Waals surface area contributed by atoms with Crippen LogP contribution in [-0.4, -0.2) is 51.3 Å². The van der Waals surface area contributed by atoms with Gasteiger partial charge in [-0.3, -0.25) is 14.5 Å². The molecule has 3 rings (SSSR count). The summed E-state index contributed by atoms with van der Waals surface area (Å²) in [6.07, 6.45) is 1.69. The molecule has 164 valence electrons. The fourth-order valence-corrected chi connectivity index (χ4v) is 3.79. The fourth-order valence-electron chi connectivity index (χ4n) is 3.20. The Bertz CT molecular complexity index is 1010. The lowest BCUT2D eigenvalue weighted by Gasteiger charge is -2.34. The third kappa shape index (κ3) is 5.52. The van der Waals surface area contributed by atoms with Gasteiger partial charge in [0.05, 0.1) is 11.7 Å². The molecule has 0 spiro atoms. The van der Waals surface area contributed by atoms with E-state index in [4.69, 9.17) is 4.42 Å². The molecule has 9 nitrogen and oxygen atoms in total. The number of hydrogen-bond acceptors (Lipinski definition) is 7. The smallest absolute Gasteiger partial charge is 0.324 e. The largest absolute Gasteiger partial charge is 0.416 e. The highest BCUT2D eigenvalue weighted by Gasteiger charge is 2.39. The third-order valence-corrected chi connectivity index (χ3v) is 5.75. The number of anilines is 1. The summed E-state index contributed by atoms with van der Waals surface area (Å²) < 4.78 is 5.61. The van der Waals surface area contributed by atoms with E-state index in [0.29, 0.717) is 0 Å². The fraction of sp³-hybridized carbons (Fsp3) is 0.381. The van der Waals surface area contributed by atoms with E-state index in [1.54, 1.807) is 6.92 Å². The van der Waals surface area contributed by atoms with Crippen LogP contribution in [0.15, 0.2) is 40.5 Å². The normalized spacial score (nSPS) is 18.6. The molecule has 0 saturated carbocycles. The number of carbonyl (C=O) groups excluding carboxylic acids is 3. The minimum Gasteiger partial charge on any atom is -0.416 e. The van der Waals surface area contributed by atoms with Gasteiger partial charge in [-0.05, 0) is 38.0 Å². The number of amides is 4. The van der Waals surface area contributed by atoms with Gasteiger partial charge in [-0.15, -0.1) is 16.8 Å². The molecule has 1 aliphatic heterocycles. The molecule has 0 bridgehead atoms. The number of hydrogen-bond donors (Lipinski definition) is 2. The molecule has 0 radical (unpaired) electrons. The standard InChI is InChI=1S/C21H25N5O4S/c1-5-8-26-19(28)15(14(4)22-20(26)29)10-18-24-25-21(30-18)31-11-17(27)23-16-9-12(2)6-7-13(16)3/h5-7,9,14-15H,1,8,10-11H2,2-4H3,(H,22,29)(H,23,27). The molecular weight excluding hydrogens is 418 g/mol. The maximum Gasteiger partial charge on any atom is 0.324 e. The van der Waals surface area contributed by atoms with Crippen molar-refractivity contribution >= 4 is 35.3 Å². The van der Waals surface area contributed by atoms with Crippen molar-refractivity contribution < 1.29 is 18.8 Å². The number of urea groups is 1. The zero-order chi connectivity index (χ0) is 22.5. The first-order valence-corrected chi connectivity index (χ1v) is 10.8. The summed E-state index contributed by atoms with van der Waals surface area (Å²) in [6.45, 7) is 9.36. The highest BCUT2D eigenvalue weighted by molar-refractivity contribution is 7.99. The van der Waals surface area contributed by atoms with Crippen LogP contribution in [-0.2, 0) is 16.0 Å². The van der Waals surface area contributed by atoms with Crippen LogP contribution in [0.1, 0.15) is 23.9 Å². The maximum atomic E-state index is 12.7. The Kier molecular flexibility index (Phi) is 7.11. The van der Waals surface area contributed by atoms with Crippen LogP contribution in [0.2, 0.25) is 0 Å². The molecule has 1 saturated heterocycles. The van der Waals surface area contributed by atoms with E-state index in [-0.39, 0.29) is 47.7 Å². The Morgan fingerprint density at radius 2 is 2.13 bits per heavy atom. The molecule has 2 atom stereocenters. The van der Waals surface area contributed by atoms with Gasteiger partial charge >= 0.3 is 6.03 Å². The first kappa shape index (κ1) is 22.5. The summed E-state index contributed by atoms with van der Waals surface area (Å²) >= 11 is 1.12. The van der Waals surface area contributed by atoms with Crippen LogP contribution in [0.4, 0.5) is 10.5 Å². The molecule has 1 aliphatic rings. The van der Waals surface area contributed by atoms with Crippen molar-refractivity contribution in [3.8, 4) is 0 Å². The average Bonchev–Trinajstić information content (AvgIpc) is 3.17. The van der Waals surface area contributed by atoms with Crippen molar-refractivity contribution in [3.63, 3.8) is 0 Å². The van der Waals surface area contributed by atoms with Crippen LogP contribution in [0.3, 0.4) is 0 Å². The lowest BCUT2D eigenvalue weighted by atomic mass is 9.93. The van der Waals surface area contributed by atoms with E-state index in [2.05, 4.69) is 27.4 Å². The number of carbonyl (C=O) groups is 3. The highest BCUT2D eigenvalue weighted by Crippen LogP contribution is 2.23. The third-order valence-electron chi connectivity index (χ3n) is 4.93. The predicted octanol–water partition coefficient (Wildman–Crippen LogP) is 2.70. The van der Waals surface area contributed by atoms with E-state index in [1.807, 2.05) is 32.0 Å². The van der Waals surface area contributed by atoms with Gasteiger partial charge in [0.1, 0.15) is 0 Å². The Hall–Kier alpha value is -3.14. The van der Waals surface area contributed by atoms with Crippen LogP contribution < -0.4 is 10.6 Å². The molecule has 31 heavy (non-hydrogen) atoms. The van der Waals surface area contributed by atoms with Crippen molar-refractivity contribution in [1.29, 1.82) is 0 Å². The van der Waals surface area contributed by atoms with Gasteiger partial charge in [-0.1, -0.05) is 30.0 Å². The van der Waals surface area contributed by atoms with Gasteiger partial charge in [-0.25, -0.2) is 4.79 Å². The van der Waals surface area contributed by atoms with Crippen LogP contribution in [0.5, 0.6) is 0 Å². The molecular formula is C21H25N5O4S. The van der Waals surface area contributed by atoms with E-state index < -0.39 is 11.9 Å². The van der Waals surface area contributed by atoms with E-state index >= 15 is 0 Å². The molecule has 1 fully saturated rings. The second-order valence-electron chi connectivity index (χ2n) is 7.40. The van der Waals surface area contributed by atoms with Gasteiger partial charge in [-0.2, -0.15) is 0 Å². The van der Waals surface area contributed by atoms with Crippen LogP contribution in [0.25, 0.3) is 0 Å². The minimum absolute atomic E-state index is 0.108. The van der Waals surface area contributed by atoms with Crippen LogP contribution in [0, 0.1) is 19.8 Å². The molecule has 4 amide bonds. The molecule has 2 N–H and O–H groups in total. The molecule has 2 aromatic rings. The van der Waals surface area contributed by atoms with E-state index in [1.165, 1.54) is 6.08 Å². The monoisotopic (exact) mass is 443 g/mol. The summed E-state index contributed by atoms with van der Waals surface area (Å²) in [5.41, 5.74) is 2.81. The maximum absolute atomic E-state index is 12.7. The van der Waals surface area contributed by atoms with E-state index in [9.17, 15) is 14.4 Å². The molecule has 0 aliphatic carbocycles. The summed E-state index contributed by atoms with van der Waals surface area (Å²) in [7, 11) is 0. The molecule has 2 heterocycles. The van der Waals surface area contributed by atoms with Crippen molar-refractivity contribution in [2.75, 3.05) is 17.6 Å². The topological polar surface area (TPSA) is 117 Å². The van der Waals surface area contributed by atoms with Gasteiger partial charge < -0.3 is 15.1 Å².